The number of carbonyl (C=O) groups is 1. The minimum Gasteiger partial charge on any atom is -0.497 e. The van der Waals surface area contributed by atoms with Crippen molar-refractivity contribution in [3.63, 3.8) is 0 Å². The summed E-state index contributed by atoms with van der Waals surface area (Å²) in [5.41, 5.74) is -0.165. The molecule has 0 amide bonds. The molecule has 2 aromatic heterocycles. The van der Waals surface area contributed by atoms with Gasteiger partial charge >= 0.3 is 15.9 Å². The lowest BCUT2D eigenvalue weighted by Crippen LogP contribution is -2.40. The van der Waals surface area contributed by atoms with Gasteiger partial charge in [-0.2, -0.15) is 0 Å². The largest absolute Gasteiger partial charge is 0.497 e. The Morgan fingerprint density at radius 1 is 1.23 bits per heavy atom. The lowest BCUT2D eigenvalue weighted by molar-refractivity contribution is -0.715. The summed E-state index contributed by atoms with van der Waals surface area (Å²) in [7, 11) is -8.95. The smallest absolute Gasteiger partial charge is 0.329 e. The summed E-state index contributed by atoms with van der Waals surface area (Å²) in [5, 5.41) is 7.84. The second-order valence-electron chi connectivity index (χ2n) is 5.40. The molecule has 0 aliphatic heterocycles. The van der Waals surface area contributed by atoms with Gasteiger partial charge in [-0.3, -0.25) is 4.79 Å². The van der Waals surface area contributed by atoms with E-state index in [1.165, 1.54) is 21.7 Å². The fraction of sp³-hybridized carbons (Fsp3) is 0.143. The number of fused-ring (bicyclic) bond motifs is 1. The quantitative estimate of drug-likeness (QED) is 0.377. The molecular weight excluding hydrogens is 383 g/mol. The van der Waals surface area contributed by atoms with E-state index >= 15 is 0 Å². The van der Waals surface area contributed by atoms with Gasteiger partial charge in [0.1, 0.15) is 10.6 Å². The average Bonchev–Trinajstić information content (AvgIpc) is 2.95. The van der Waals surface area contributed by atoms with Gasteiger partial charge in [-0.15, -0.1) is 4.68 Å². The van der Waals surface area contributed by atoms with Crippen LogP contribution >= 0.6 is 10.2 Å². The second kappa shape index (κ2) is 5.13. The molecule has 3 rings (SSSR count). The first kappa shape index (κ1) is 18.0. The minimum atomic E-state index is -9.97. The van der Waals surface area contributed by atoms with Gasteiger partial charge in [-0.05, 0) is 23.3 Å². The van der Waals surface area contributed by atoms with Gasteiger partial charge in [0.2, 0.25) is 5.78 Å². The van der Waals surface area contributed by atoms with Crippen molar-refractivity contribution < 1.29 is 33.6 Å². The van der Waals surface area contributed by atoms with E-state index in [1.807, 2.05) is 0 Å². The zero-order valence-corrected chi connectivity index (χ0v) is 14.0. The van der Waals surface area contributed by atoms with E-state index in [1.54, 1.807) is 12.1 Å². The molecule has 0 N–H and O–H groups in total. The topological polar surface area (TPSA) is 60.4 Å². The third kappa shape index (κ3) is 3.59. The van der Waals surface area contributed by atoms with Crippen LogP contribution in [0.25, 0.3) is 5.65 Å². The molecule has 0 spiro atoms. The van der Waals surface area contributed by atoms with Crippen LogP contribution in [0.5, 0.6) is 5.75 Å². The first-order valence-electron chi connectivity index (χ1n) is 7.02. The highest BCUT2D eigenvalue weighted by Crippen LogP contribution is 3.02. The molecule has 0 bridgehead atoms. The zero-order chi connectivity index (χ0) is 19.2. The summed E-state index contributed by atoms with van der Waals surface area (Å²) in [6, 6.07) is 4.42. The Kier molecular flexibility index (Phi) is 3.56. The van der Waals surface area contributed by atoms with Crippen molar-refractivity contribution in [1.29, 1.82) is 0 Å². The Hall–Kier alpha value is -2.76. The van der Waals surface area contributed by atoms with E-state index in [0.29, 0.717) is 5.65 Å². The van der Waals surface area contributed by atoms with E-state index < -0.39 is 38.8 Å². The molecule has 3 aromatic rings. The first-order chi connectivity index (χ1) is 11.9. The molecule has 0 saturated heterocycles. The highest BCUT2D eigenvalue weighted by Gasteiger charge is 2.65. The Labute approximate surface area is 143 Å². The summed E-state index contributed by atoms with van der Waals surface area (Å²) in [6.07, 6.45) is 2.78. The molecule has 6 nitrogen and oxygen atoms in total. The van der Waals surface area contributed by atoms with Gasteiger partial charge in [-0.1, -0.05) is 29.0 Å². The first-order valence-corrected chi connectivity index (χ1v) is 8.97. The molecule has 0 aliphatic rings. The highest BCUT2D eigenvalue weighted by molar-refractivity contribution is 8.45. The number of carbonyl (C=O) groups excluding carboxylic acids is 1. The lowest BCUT2D eigenvalue weighted by atomic mass is 10.1. The predicted molar refractivity (Wildman–Crippen MR) is 81.9 cm³/mol. The van der Waals surface area contributed by atoms with Gasteiger partial charge in [0.15, 0.2) is 6.54 Å². The average molecular weight is 395 g/mol. The predicted octanol–water partition coefficient (Wildman–Crippen LogP) is 3.57. The third-order valence-corrected chi connectivity index (χ3v) is 4.63. The SMILES string of the molecule is COc1cc(C(=O)C[n+]2ncn3ncccc32)cc(S(F)(F)(F)(F)F)c1. The van der Waals surface area contributed by atoms with Gasteiger partial charge in [0.05, 0.1) is 13.3 Å². The molecule has 26 heavy (non-hydrogen) atoms. The minimum absolute atomic E-state index is 0.128. The van der Waals surface area contributed by atoms with E-state index in [-0.39, 0.29) is 12.1 Å². The standard InChI is InChI=1S/C14H12F5N4O2S/c1-25-11-5-10(6-12(7-11)26(15,16,17,18)19)13(24)8-22-14-3-2-4-20-23(14)9-21-22/h2-7,9H,8H2,1H3/q+1. The molecule has 0 aliphatic carbocycles. The molecule has 12 heteroatoms. The number of nitrogens with zero attached hydrogens (tertiary/aromatic N) is 4. The Balaban J connectivity index is 2.02. The summed E-state index contributed by atoms with van der Waals surface area (Å²) >= 11 is 0. The van der Waals surface area contributed by atoms with E-state index in [4.69, 9.17) is 0 Å². The summed E-state index contributed by atoms with van der Waals surface area (Å²) in [4.78, 5) is 10.2. The second-order valence-corrected chi connectivity index (χ2v) is 7.81. The number of aromatic nitrogens is 4. The molecule has 1 aromatic carbocycles. The van der Waals surface area contributed by atoms with Crippen LogP contribution in [0.1, 0.15) is 10.4 Å². The molecule has 0 saturated carbocycles. The van der Waals surface area contributed by atoms with Crippen LogP contribution < -0.4 is 9.42 Å². The van der Waals surface area contributed by atoms with E-state index in [0.717, 1.165) is 13.2 Å². The van der Waals surface area contributed by atoms with Crippen LogP contribution in [0.15, 0.2) is 47.8 Å². The van der Waals surface area contributed by atoms with Crippen molar-refractivity contribution in [3.8, 4) is 5.75 Å². The molecule has 0 unspecified atom stereocenters. The molecule has 2 heterocycles. The Morgan fingerprint density at radius 3 is 2.62 bits per heavy atom. The number of hydrogen-bond donors (Lipinski definition) is 0. The van der Waals surface area contributed by atoms with Gasteiger partial charge in [-0.25, -0.2) is 0 Å². The lowest BCUT2D eigenvalue weighted by Gasteiger charge is -2.40. The Bertz CT molecular complexity index is 1020. The highest BCUT2D eigenvalue weighted by atomic mass is 32.5. The fourth-order valence-corrected chi connectivity index (χ4v) is 2.95. The van der Waals surface area contributed by atoms with Crippen molar-refractivity contribution in [2.45, 2.75) is 11.4 Å². The van der Waals surface area contributed by atoms with Crippen molar-refractivity contribution in [1.82, 2.24) is 14.7 Å². The maximum Gasteiger partial charge on any atom is 0.329 e. The molecule has 140 valence electrons. The summed E-state index contributed by atoms with van der Waals surface area (Å²) in [5.74, 6) is -1.35. The van der Waals surface area contributed by atoms with Crippen LogP contribution in [0.3, 0.4) is 0 Å². The number of benzene rings is 1. The van der Waals surface area contributed by atoms with Crippen LogP contribution in [0.2, 0.25) is 0 Å². The number of hydrogen-bond acceptors (Lipinski definition) is 4. The monoisotopic (exact) mass is 395 g/mol. The number of Topliss-reactive ketones (excluding diaryl/α,β-unsaturated/α-hetero) is 1. The van der Waals surface area contributed by atoms with Crippen molar-refractivity contribution in [3.05, 3.63) is 48.4 Å². The fourth-order valence-electron chi connectivity index (χ4n) is 2.26. The molecule has 0 fully saturated rings. The van der Waals surface area contributed by atoms with E-state index in [9.17, 15) is 24.2 Å². The van der Waals surface area contributed by atoms with Crippen molar-refractivity contribution >= 4 is 21.7 Å². The van der Waals surface area contributed by atoms with Crippen molar-refractivity contribution in [2.24, 2.45) is 0 Å². The number of halogens is 5. The number of rotatable bonds is 5. The van der Waals surface area contributed by atoms with Crippen LogP contribution in [0, 0.1) is 0 Å². The summed E-state index contributed by atoms with van der Waals surface area (Å²) in [6.45, 7) is -0.463. The maximum absolute atomic E-state index is 13.1. The van der Waals surface area contributed by atoms with Gasteiger partial charge in [0, 0.05) is 17.7 Å². The van der Waals surface area contributed by atoms with E-state index in [2.05, 4.69) is 14.9 Å². The number of ether oxygens (including phenoxy) is 1. The molecular formula is C14H12F5N4O2S+. The van der Waals surface area contributed by atoms with Crippen molar-refractivity contribution in [2.75, 3.05) is 7.11 Å². The number of methoxy groups -OCH3 is 1. The van der Waals surface area contributed by atoms with Crippen LogP contribution in [-0.2, 0) is 6.54 Å². The van der Waals surface area contributed by atoms with Crippen LogP contribution in [0.4, 0.5) is 19.4 Å². The van der Waals surface area contributed by atoms with Gasteiger partial charge < -0.3 is 4.74 Å². The molecule has 0 radical (unpaired) electrons. The number of ketones is 1. The Morgan fingerprint density at radius 2 is 1.96 bits per heavy atom. The zero-order valence-electron chi connectivity index (χ0n) is 13.2. The molecule has 0 atom stereocenters. The van der Waals surface area contributed by atoms with Crippen LogP contribution in [-0.4, -0.2) is 27.6 Å². The van der Waals surface area contributed by atoms with Gasteiger partial charge in [0.25, 0.3) is 6.33 Å². The summed E-state index contributed by atoms with van der Waals surface area (Å²) < 4.78 is 72.7. The maximum atomic E-state index is 13.1. The normalized spacial score (nSPS) is 14.7. The third-order valence-electron chi connectivity index (χ3n) is 3.50.